The van der Waals surface area contributed by atoms with Crippen LogP contribution in [0.15, 0.2) is 35.5 Å². The average molecular weight is 313 g/mol. The lowest BCUT2D eigenvalue weighted by Gasteiger charge is -2.28. The highest BCUT2D eigenvalue weighted by Gasteiger charge is 2.34. The number of nitrogens with one attached hydrogen (secondary N) is 1. The third-order valence-corrected chi connectivity index (χ3v) is 4.83. The summed E-state index contributed by atoms with van der Waals surface area (Å²) < 4.78 is 5.70. The summed E-state index contributed by atoms with van der Waals surface area (Å²) in [6, 6.07) is 7.92. The molecule has 1 fully saturated rings. The third kappa shape index (κ3) is 3.31. The van der Waals surface area contributed by atoms with Crippen LogP contribution in [0.4, 0.5) is 0 Å². The van der Waals surface area contributed by atoms with Gasteiger partial charge in [-0.25, -0.2) is 4.79 Å². The molecule has 0 radical (unpaired) electrons. The Labute approximate surface area is 136 Å². The molecule has 4 heteroatoms. The second-order valence-electron chi connectivity index (χ2n) is 6.51. The van der Waals surface area contributed by atoms with Gasteiger partial charge < -0.3 is 10.1 Å². The summed E-state index contributed by atoms with van der Waals surface area (Å²) in [4.78, 5) is 24.7. The number of aryl methyl sites for hydroxylation is 1. The molecule has 0 aromatic heterocycles. The molecule has 0 spiro atoms. The SMILES string of the molecule is CC1=C(C(=O)OC2CCCC2)[C@H](c2ccccc2C)CC(=O)N1. The molecule has 1 aliphatic carbocycles. The van der Waals surface area contributed by atoms with Crippen molar-refractivity contribution in [2.75, 3.05) is 0 Å². The number of hydrogen-bond donors (Lipinski definition) is 1. The normalized spacial score (nSPS) is 22.2. The molecule has 122 valence electrons. The Morgan fingerprint density at radius 2 is 1.87 bits per heavy atom. The fraction of sp³-hybridized carbons (Fsp3) is 0.474. The van der Waals surface area contributed by atoms with Gasteiger partial charge in [0.25, 0.3) is 0 Å². The smallest absolute Gasteiger partial charge is 0.336 e. The van der Waals surface area contributed by atoms with Gasteiger partial charge in [0, 0.05) is 18.0 Å². The Kier molecular flexibility index (Phi) is 4.51. The Morgan fingerprint density at radius 3 is 2.57 bits per heavy atom. The zero-order valence-electron chi connectivity index (χ0n) is 13.7. The molecule has 3 rings (SSSR count). The molecule has 2 aliphatic rings. The summed E-state index contributed by atoms with van der Waals surface area (Å²) in [5.41, 5.74) is 3.34. The number of rotatable bonds is 3. The van der Waals surface area contributed by atoms with E-state index >= 15 is 0 Å². The second kappa shape index (κ2) is 6.57. The number of allylic oxidation sites excluding steroid dienone is 1. The van der Waals surface area contributed by atoms with Gasteiger partial charge in [0.1, 0.15) is 6.10 Å². The molecule has 4 nitrogen and oxygen atoms in total. The molecular formula is C19H23NO3. The Hall–Kier alpha value is -2.10. The van der Waals surface area contributed by atoms with E-state index < -0.39 is 0 Å². The van der Waals surface area contributed by atoms with Crippen LogP contribution in [0.2, 0.25) is 0 Å². The molecule has 1 aliphatic heterocycles. The van der Waals surface area contributed by atoms with Crippen LogP contribution >= 0.6 is 0 Å². The van der Waals surface area contributed by atoms with E-state index in [0.717, 1.165) is 36.8 Å². The van der Waals surface area contributed by atoms with Crippen LogP contribution in [0.3, 0.4) is 0 Å². The number of ether oxygens (including phenoxy) is 1. The van der Waals surface area contributed by atoms with Crippen molar-refractivity contribution in [1.82, 2.24) is 5.32 Å². The molecule has 1 heterocycles. The van der Waals surface area contributed by atoms with Crippen LogP contribution in [0.1, 0.15) is 56.1 Å². The van der Waals surface area contributed by atoms with E-state index in [1.54, 1.807) is 6.92 Å². The van der Waals surface area contributed by atoms with E-state index in [1.807, 2.05) is 31.2 Å². The minimum atomic E-state index is -0.275. The third-order valence-electron chi connectivity index (χ3n) is 4.83. The Balaban J connectivity index is 1.92. The first-order valence-electron chi connectivity index (χ1n) is 8.33. The number of carbonyl (C=O) groups is 2. The van der Waals surface area contributed by atoms with Crippen LogP contribution < -0.4 is 5.32 Å². The lowest BCUT2D eigenvalue weighted by molar-refractivity contribution is -0.144. The molecule has 0 bridgehead atoms. The minimum absolute atomic E-state index is 0.0259. The summed E-state index contributed by atoms with van der Waals surface area (Å²) >= 11 is 0. The van der Waals surface area contributed by atoms with Crippen molar-refractivity contribution in [3.63, 3.8) is 0 Å². The first-order chi connectivity index (χ1) is 11.1. The van der Waals surface area contributed by atoms with Gasteiger partial charge in [-0.1, -0.05) is 24.3 Å². The van der Waals surface area contributed by atoms with E-state index in [1.165, 1.54) is 0 Å². The number of carbonyl (C=O) groups excluding carboxylic acids is 2. The Morgan fingerprint density at radius 1 is 1.17 bits per heavy atom. The van der Waals surface area contributed by atoms with Gasteiger partial charge in [0.05, 0.1) is 5.57 Å². The molecule has 0 saturated heterocycles. The molecule has 1 aromatic rings. The molecule has 23 heavy (non-hydrogen) atoms. The van der Waals surface area contributed by atoms with Crippen molar-refractivity contribution in [1.29, 1.82) is 0 Å². The maximum Gasteiger partial charge on any atom is 0.336 e. The van der Waals surface area contributed by atoms with Crippen LogP contribution in [0, 0.1) is 6.92 Å². The predicted molar refractivity (Wildman–Crippen MR) is 87.7 cm³/mol. The van der Waals surface area contributed by atoms with E-state index in [9.17, 15) is 9.59 Å². The fourth-order valence-electron chi connectivity index (χ4n) is 3.64. The molecule has 1 saturated carbocycles. The number of esters is 1. The predicted octanol–water partition coefficient (Wildman–Crippen LogP) is 3.36. The highest BCUT2D eigenvalue weighted by molar-refractivity contribution is 5.96. The second-order valence-corrected chi connectivity index (χ2v) is 6.51. The number of benzene rings is 1. The van der Waals surface area contributed by atoms with Gasteiger partial charge in [-0.15, -0.1) is 0 Å². The van der Waals surface area contributed by atoms with Gasteiger partial charge >= 0.3 is 5.97 Å². The topological polar surface area (TPSA) is 55.4 Å². The maximum absolute atomic E-state index is 12.7. The summed E-state index contributed by atoms with van der Waals surface area (Å²) in [7, 11) is 0. The minimum Gasteiger partial charge on any atom is -0.459 e. The number of hydrogen-bond acceptors (Lipinski definition) is 3. The van der Waals surface area contributed by atoms with Gasteiger partial charge in [-0.3, -0.25) is 4.79 Å². The van der Waals surface area contributed by atoms with Crippen molar-refractivity contribution in [3.05, 3.63) is 46.7 Å². The first kappa shape index (κ1) is 15.8. The van der Waals surface area contributed by atoms with E-state index in [2.05, 4.69) is 5.32 Å². The van der Waals surface area contributed by atoms with E-state index in [0.29, 0.717) is 11.3 Å². The van der Waals surface area contributed by atoms with Gasteiger partial charge in [0.2, 0.25) is 5.91 Å². The summed E-state index contributed by atoms with van der Waals surface area (Å²) in [5, 5.41) is 2.79. The molecular weight excluding hydrogens is 290 g/mol. The highest BCUT2D eigenvalue weighted by atomic mass is 16.5. The van der Waals surface area contributed by atoms with Crippen LogP contribution in [0.25, 0.3) is 0 Å². The summed E-state index contributed by atoms with van der Waals surface area (Å²) in [5.74, 6) is -0.547. The molecule has 1 amide bonds. The molecule has 1 atom stereocenters. The van der Waals surface area contributed by atoms with Crippen molar-refractivity contribution in [2.45, 2.75) is 58.0 Å². The number of amides is 1. The van der Waals surface area contributed by atoms with Crippen LogP contribution in [0.5, 0.6) is 0 Å². The zero-order chi connectivity index (χ0) is 16.4. The lowest BCUT2D eigenvalue weighted by atomic mass is 9.82. The largest absolute Gasteiger partial charge is 0.459 e. The van der Waals surface area contributed by atoms with Gasteiger partial charge in [-0.2, -0.15) is 0 Å². The lowest BCUT2D eigenvalue weighted by Crippen LogP contribution is -2.35. The zero-order valence-corrected chi connectivity index (χ0v) is 13.7. The van der Waals surface area contributed by atoms with Crippen LogP contribution in [-0.2, 0) is 14.3 Å². The van der Waals surface area contributed by atoms with E-state index in [-0.39, 0.29) is 30.3 Å². The van der Waals surface area contributed by atoms with Gasteiger partial charge in [0.15, 0.2) is 0 Å². The summed E-state index contributed by atoms with van der Waals surface area (Å²) in [6.45, 7) is 3.80. The fourth-order valence-corrected chi connectivity index (χ4v) is 3.64. The molecule has 0 unspecified atom stereocenters. The van der Waals surface area contributed by atoms with Crippen molar-refractivity contribution >= 4 is 11.9 Å². The van der Waals surface area contributed by atoms with E-state index in [4.69, 9.17) is 4.74 Å². The molecule has 1 aromatic carbocycles. The van der Waals surface area contributed by atoms with Crippen molar-refractivity contribution in [2.24, 2.45) is 0 Å². The Bertz CT molecular complexity index is 656. The first-order valence-corrected chi connectivity index (χ1v) is 8.33. The van der Waals surface area contributed by atoms with Crippen molar-refractivity contribution < 1.29 is 14.3 Å². The van der Waals surface area contributed by atoms with Crippen molar-refractivity contribution in [3.8, 4) is 0 Å². The maximum atomic E-state index is 12.7. The monoisotopic (exact) mass is 313 g/mol. The highest BCUT2D eigenvalue weighted by Crippen LogP contribution is 2.36. The molecule has 1 N–H and O–H groups in total. The van der Waals surface area contributed by atoms with Crippen LogP contribution in [-0.4, -0.2) is 18.0 Å². The van der Waals surface area contributed by atoms with Gasteiger partial charge in [-0.05, 0) is 50.7 Å². The quantitative estimate of drug-likeness (QED) is 0.871. The summed E-state index contributed by atoms with van der Waals surface area (Å²) in [6.07, 6.45) is 4.44. The standard InChI is InChI=1S/C19H23NO3/c1-12-7-3-6-10-15(12)16-11-17(21)20-13(2)18(16)19(22)23-14-8-4-5-9-14/h3,6-7,10,14,16H,4-5,8-9,11H2,1-2H3,(H,20,21)/t16-/m0/s1. The average Bonchev–Trinajstić information content (AvgIpc) is 2.99.